The molecule has 1 fully saturated rings. The average molecular weight is 433 g/mol. The lowest BCUT2D eigenvalue weighted by molar-refractivity contribution is -0.127. The third kappa shape index (κ3) is 3.95. The Labute approximate surface area is 187 Å². The van der Waals surface area contributed by atoms with Gasteiger partial charge in [0.25, 0.3) is 0 Å². The number of piperidine rings is 1. The highest BCUT2D eigenvalue weighted by molar-refractivity contribution is 5.92. The lowest BCUT2D eigenvalue weighted by atomic mass is 9.97. The van der Waals surface area contributed by atoms with Gasteiger partial charge in [0.2, 0.25) is 5.91 Å². The second-order valence-electron chi connectivity index (χ2n) is 8.51. The van der Waals surface area contributed by atoms with Crippen molar-refractivity contribution in [3.63, 3.8) is 0 Å². The number of ether oxygens (including phenoxy) is 2. The summed E-state index contributed by atoms with van der Waals surface area (Å²) in [6.07, 6.45) is 8.46. The predicted molar refractivity (Wildman–Crippen MR) is 122 cm³/mol. The summed E-state index contributed by atoms with van der Waals surface area (Å²) in [5.41, 5.74) is 2.86. The van der Waals surface area contributed by atoms with E-state index in [0.29, 0.717) is 13.2 Å². The number of hydrogen-bond acceptors (Lipinski definition) is 5. The third-order valence-corrected chi connectivity index (χ3v) is 6.17. The first kappa shape index (κ1) is 20.5. The second-order valence-corrected chi connectivity index (χ2v) is 8.51. The van der Waals surface area contributed by atoms with Gasteiger partial charge in [-0.25, -0.2) is 0 Å². The maximum Gasteiger partial charge on any atom is 0.246 e. The zero-order valence-electron chi connectivity index (χ0n) is 18.5. The number of pyridine rings is 1. The van der Waals surface area contributed by atoms with E-state index in [9.17, 15) is 4.79 Å². The Hall–Kier alpha value is -3.35. The molecule has 0 N–H and O–H groups in total. The van der Waals surface area contributed by atoms with Crippen LogP contribution in [0.4, 0.5) is 0 Å². The summed E-state index contributed by atoms with van der Waals surface area (Å²) >= 11 is 0. The average Bonchev–Trinajstić information content (AvgIpc) is 3.40. The Balaban J connectivity index is 1.33. The zero-order valence-corrected chi connectivity index (χ0v) is 18.5. The molecule has 2 unspecified atom stereocenters. The van der Waals surface area contributed by atoms with E-state index in [4.69, 9.17) is 9.47 Å². The molecule has 3 aromatic rings. The lowest BCUT2D eigenvalue weighted by Gasteiger charge is -2.31. The van der Waals surface area contributed by atoms with Gasteiger partial charge in [0.1, 0.15) is 23.4 Å². The van der Waals surface area contributed by atoms with Crippen LogP contribution < -0.4 is 9.47 Å². The van der Waals surface area contributed by atoms with Crippen molar-refractivity contribution in [2.24, 2.45) is 0 Å². The molecule has 2 aliphatic rings. The molecule has 0 bridgehead atoms. The highest BCUT2D eigenvalue weighted by atomic mass is 16.5. The number of nitrogens with zero attached hydrogens (tertiary/aromatic N) is 4. The Bertz CT molecular complexity index is 1170. The first-order valence-corrected chi connectivity index (χ1v) is 11.4. The van der Waals surface area contributed by atoms with Crippen LogP contribution in [0.5, 0.6) is 11.5 Å². The van der Waals surface area contributed by atoms with Gasteiger partial charge in [-0.05, 0) is 57.0 Å². The topological polar surface area (TPSA) is 69.0 Å². The number of benzene rings is 1. The molecule has 2 aliphatic heterocycles. The van der Waals surface area contributed by atoms with Crippen LogP contribution in [-0.4, -0.2) is 51.2 Å². The summed E-state index contributed by atoms with van der Waals surface area (Å²) in [7, 11) is 0. The van der Waals surface area contributed by atoms with Crippen LogP contribution in [0, 0.1) is 0 Å². The highest BCUT2D eigenvalue weighted by Gasteiger charge is 2.27. The predicted octanol–water partition coefficient (Wildman–Crippen LogP) is 3.87. The number of rotatable bonds is 5. The fraction of sp³-hybridized carbons (Fsp3) is 0.400. The maximum atomic E-state index is 13.0. The van der Waals surface area contributed by atoms with E-state index in [2.05, 4.69) is 17.1 Å². The van der Waals surface area contributed by atoms with E-state index in [1.807, 2.05) is 58.8 Å². The Kier molecular flexibility index (Phi) is 5.55. The van der Waals surface area contributed by atoms with E-state index >= 15 is 0 Å². The van der Waals surface area contributed by atoms with Crippen molar-refractivity contribution >= 4 is 17.6 Å². The molecule has 0 radical (unpaired) electrons. The van der Waals surface area contributed by atoms with Gasteiger partial charge < -0.3 is 14.4 Å². The normalized spacial score (nSPS) is 20.5. The molecule has 1 aromatic carbocycles. The van der Waals surface area contributed by atoms with Crippen LogP contribution in [0.25, 0.3) is 11.7 Å². The van der Waals surface area contributed by atoms with Gasteiger partial charge in [0, 0.05) is 48.8 Å². The number of aromatic nitrogens is 3. The van der Waals surface area contributed by atoms with Crippen LogP contribution in [0.2, 0.25) is 0 Å². The summed E-state index contributed by atoms with van der Waals surface area (Å²) in [6.45, 7) is 5.99. The summed E-state index contributed by atoms with van der Waals surface area (Å²) in [4.78, 5) is 14.9. The van der Waals surface area contributed by atoms with Crippen molar-refractivity contribution in [1.82, 2.24) is 19.5 Å². The fourth-order valence-electron chi connectivity index (χ4n) is 4.66. The first-order chi connectivity index (χ1) is 15.6. The summed E-state index contributed by atoms with van der Waals surface area (Å²) in [6, 6.07) is 9.90. The van der Waals surface area contributed by atoms with Gasteiger partial charge >= 0.3 is 0 Å². The van der Waals surface area contributed by atoms with E-state index in [0.717, 1.165) is 59.9 Å². The third-order valence-electron chi connectivity index (χ3n) is 6.17. The van der Waals surface area contributed by atoms with Gasteiger partial charge in [-0.1, -0.05) is 6.07 Å². The van der Waals surface area contributed by atoms with Crippen molar-refractivity contribution in [1.29, 1.82) is 0 Å². The van der Waals surface area contributed by atoms with Crippen molar-refractivity contribution in [2.45, 2.75) is 45.1 Å². The summed E-state index contributed by atoms with van der Waals surface area (Å²) < 4.78 is 13.7. The van der Waals surface area contributed by atoms with Crippen molar-refractivity contribution < 1.29 is 14.3 Å². The smallest absolute Gasteiger partial charge is 0.246 e. The minimum Gasteiger partial charge on any atom is -0.493 e. The van der Waals surface area contributed by atoms with Gasteiger partial charge in [-0.3, -0.25) is 9.20 Å². The number of carbonyl (C=O) groups is 1. The molecular formula is C25H28N4O3. The fourth-order valence-corrected chi connectivity index (χ4v) is 4.66. The quantitative estimate of drug-likeness (QED) is 0.573. The monoisotopic (exact) mass is 432 g/mol. The summed E-state index contributed by atoms with van der Waals surface area (Å²) in [5.74, 6) is 2.77. The van der Waals surface area contributed by atoms with Gasteiger partial charge in [-0.2, -0.15) is 0 Å². The minimum absolute atomic E-state index is 0.000698. The van der Waals surface area contributed by atoms with E-state index in [-0.39, 0.29) is 17.9 Å². The Morgan fingerprint density at radius 2 is 2.22 bits per heavy atom. The lowest BCUT2D eigenvalue weighted by Crippen LogP contribution is -2.38. The molecule has 0 spiro atoms. The molecule has 1 saturated heterocycles. The minimum atomic E-state index is 0.000698. The number of hydrogen-bond donors (Lipinski definition) is 0. The largest absolute Gasteiger partial charge is 0.493 e. The molecular weight excluding hydrogens is 404 g/mol. The Morgan fingerprint density at radius 1 is 1.31 bits per heavy atom. The number of carbonyl (C=O) groups excluding carboxylic acids is 1. The molecule has 1 amide bonds. The first-order valence-electron chi connectivity index (χ1n) is 11.4. The molecule has 32 heavy (non-hydrogen) atoms. The SMILES string of the molecule is CCOc1cc2c(cc1/C=C/C(=O)N1CCCC(c3nnc4ccccn34)C1)OC(C)C2. The number of amides is 1. The van der Waals surface area contributed by atoms with Gasteiger partial charge in [0.15, 0.2) is 5.65 Å². The number of likely N-dealkylation sites (tertiary alicyclic amines) is 1. The van der Waals surface area contributed by atoms with Crippen LogP contribution in [0.3, 0.4) is 0 Å². The highest BCUT2D eigenvalue weighted by Crippen LogP contribution is 2.36. The zero-order chi connectivity index (χ0) is 22.1. The van der Waals surface area contributed by atoms with Crippen molar-refractivity contribution in [2.75, 3.05) is 19.7 Å². The van der Waals surface area contributed by atoms with Crippen LogP contribution in [0.15, 0.2) is 42.6 Å². The molecule has 2 atom stereocenters. The molecule has 5 rings (SSSR count). The van der Waals surface area contributed by atoms with Crippen LogP contribution in [-0.2, 0) is 11.2 Å². The molecule has 0 saturated carbocycles. The van der Waals surface area contributed by atoms with Crippen LogP contribution in [0.1, 0.15) is 49.6 Å². The van der Waals surface area contributed by atoms with Crippen LogP contribution >= 0.6 is 0 Å². The van der Waals surface area contributed by atoms with Crippen molar-refractivity contribution in [3.8, 4) is 11.5 Å². The van der Waals surface area contributed by atoms with E-state index in [1.54, 1.807) is 6.08 Å². The van der Waals surface area contributed by atoms with E-state index in [1.165, 1.54) is 0 Å². The molecule has 7 nitrogen and oxygen atoms in total. The molecule has 4 heterocycles. The molecule has 7 heteroatoms. The van der Waals surface area contributed by atoms with Gasteiger partial charge in [0.05, 0.1) is 6.61 Å². The standard InChI is InChI=1S/C25H28N4O3/c1-3-31-21-15-20-13-17(2)32-22(20)14-18(21)9-10-24(30)28-11-6-7-19(16-28)25-27-26-23-8-4-5-12-29(23)25/h4-5,8-10,12,14-15,17,19H,3,6-7,11,13,16H2,1-2H3/b10-9+. The second kappa shape index (κ2) is 8.65. The Morgan fingerprint density at radius 3 is 3.09 bits per heavy atom. The summed E-state index contributed by atoms with van der Waals surface area (Å²) in [5, 5.41) is 8.67. The maximum absolute atomic E-state index is 13.0. The number of fused-ring (bicyclic) bond motifs is 2. The van der Waals surface area contributed by atoms with Gasteiger partial charge in [-0.15, -0.1) is 10.2 Å². The van der Waals surface area contributed by atoms with E-state index < -0.39 is 0 Å². The molecule has 0 aliphatic carbocycles. The molecule has 2 aromatic heterocycles. The van der Waals surface area contributed by atoms with Crippen molar-refractivity contribution in [3.05, 3.63) is 59.6 Å². The molecule has 166 valence electrons.